The Bertz CT molecular complexity index is 6.00. The van der Waals surface area contributed by atoms with Crippen LogP contribution in [0.15, 0.2) is 0 Å². The molecule has 0 spiro atoms. The second-order valence-corrected chi connectivity index (χ2v) is 0. The van der Waals surface area contributed by atoms with E-state index in [2.05, 4.69) is 0 Å². The third-order valence-electron chi connectivity index (χ3n) is 0. The average Bonchev–Trinajstić information content (AvgIpc) is 0. The summed E-state index contributed by atoms with van der Waals surface area (Å²) >= 11 is 0. The molecule has 0 aliphatic carbocycles. The zero-order valence-corrected chi connectivity index (χ0v) is 4.86. The van der Waals surface area contributed by atoms with Crippen LogP contribution in [0.25, 0.3) is 0 Å². The fourth-order valence-corrected chi connectivity index (χ4v) is 0. The Morgan fingerprint density at radius 3 is 0.750 bits per heavy atom. The van der Waals surface area contributed by atoms with Crippen LogP contribution in [0, 0.1) is 0 Å². The second-order valence-electron chi connectivity index (χ2n) is 0. The van der Waals surface area contributed by atoms with Crippen LogP contribution < -0.4 is 24.8 Å². The first-order valence-electron chi connectivity index (χ1n) is 0. The van der Waals surface area contributed by atoms with Crippen molar-refractivity contribution in [2.24, 2.45) is 0 Å². The maximum atomic E-state index is 0. The van der Waals surface area contributed by atoms with Gasteiger partial charge in [-0.05, 0) is 0 Å². The summed E-state index contributed by atoms with van der Waals surface area (Å²) in [5, 5.41) is 0. The molecular formula is HCl2NaPt. The fourth-order valence-electron chi connectivity index (χ4n) is 0. The first-order chi connectivity index (χ1) is 0. The number of hydrogen-bond acceptors (Lipinski definition) is 0. The van der Waals surface area contributed by atoms with Crippen LogP contribution in [0.1, 0.15) is 0 Å². The molecule has 26 valence electrons. The Kier molecular flexibility index (Phi) is 158. The van der Waals surface area contributed by atoms with Crippen molar-refractivity contribution in [3.63, 3.8) is 0 Å². The minimum Gasteiger partial charge on any atom is 2.00 e. The third-order valence-corrected chi connectivity index (χ3v) is 0. The monoisotopic (exact) mass is 289 g/mol. The van der Waals surface area contributed by atoms with Gasteiger partial charge >= 0.3 is 50.6 Å². The molecule has 0 aliphatic rings. The van der Waals surface area contributed by atoms with Gasteiger partial charge in [-0.15, -0.1) is 0 Å². The van der Waals surface area contributed by atoms with E-state index >= 15 is 0 Å². The third kappa shape index (κ3) is 8.86. The van der Waals surface area contributed by atoms with Gasteiger partial charge in [-0.1, -0.05) is 0 Å². The SMILES string of the molecule is [Cl-].[Cl-].[NaH].[Pt+2]. The Balaban J connectivity index is 0. The van der Waals surface area contributed by atoms with Crippen molar-refractivity contribution >= 4 is 29.6 Å². The quantitative estimate of drug-likeness (QED) is 0.389. The Hall–Kier alpha value is 2.27. The summed E-state index contributed by atoms with van der Waals surface area (Å²) in [7, 11) is 0. The molecule has 0 radical (unpaired) electrons. The summed E-state index contributed by atoms with van der Waals surface area (Å²) in [6.07, 6.45) is 0. The normalized spacial score (nSPS) is 0. The molecule has 0 fully saturated rings. The van der Waals surface area contributed by atoms with Gasteiger partial charge in [-0.3, -0.25) is 0 Å². The van der Waals surface area contributed by atoms with Gasteiger partial charge in [0.05, 0.1) is 0 Å². The number of rotatable bonds is 0. The van der Waals surface area contributed by atoms with E-state index in [9.17, 15) is 0 Å². The maximum absolute atomic E-state index is 0. The topological polar surface area (TPSA) is 0 Å². The minimum atomic E-state index is 0. The molecule has 0 nitrogen and oxygen atoms in total. The van der Waals surface area contributed by atoms with E-state index in [0.717, 1.165) is 0 Å². The number of hydrogen-bond donors (Lipinski definition) is 0. The first-order valence-corrected chi connectivity index (χ1v) is 0. The first kappa shape index (κ1) is 33.8. The molecule has 0 N–H and O–H groups in total. The molecule has 0 aromatic rings. The van der Waals surface area contributed by atoms with Gasteiger partial charge in [0.1, 0.15) is 0 Å². The summed E-state index contributed by atoms with van der Waals surface area (Å²) in [6.45, 7) is 0. The molecule has 4 heavy (non-hydrogen) atoms. The van der Waals surface area contributed by atoms with Gasteiger partial charge in [0, 0.05) is 0 Å². The molecule has 0 saturated carbocycles. The van der Waals surface area contributed by atoms with Crippen molar-refractivity contribution in [2.75, 3.05) is 0 Å². The minimum absolute atomic E-state index is 0. The van der Waals surface area contributed by atoms with Crippen molar-refractivity contribution in [3.8, 4) is 0 Å². The molecule has 0 aromatic heterocycles. The molecule has 0 bridgehead atoms. The van der Waals surface area contributed by atoms with Gasteiger partial charge < -0.3 is 24.8 Å². The van der Waals surface area contributed by atoms with Crippen molar-refractivity contribution in [1.29, 1.82) is 0 Å². The van der Waals surface area contributed by atoms with Gasteiger partial charge in [-0.25, -0.2) is 0 Å². The van der Waals surface area contributed by atoms with Crippen LogP contribution in [0.4, 0.5) is 0 Å². The van der Waals surface area contributed by atoms with Crippen LogP contribution >= 0.6 is 0 Å². The van der Waals surface area contributed by atoms with Crippen LogP contribution in [-0.2, 0) is 21.1 Å². The molecule has 0 heterocycles. The Labute approximate surface area is 74.5 Å². The maximum Gasteiger partial charge on any atom is 2.00 e. The van der Waals surface area contributed by atoms with E-state index in [1.165, 1.54) is 0 Å². The molecule has 0 atom stereocenters. The van der Waals surface area contributed by atoms with E-state index in [1.807, 2.05) is 0 Å². The van der Waals surface area contributed by atoms with Crippen LogP contribution in [0.5, 0.6) is 0 Å². The van der Waals surface area contributed by atoms with Crippen LogP contribution in [0.3, 0.4) is 0 Å². The Morgan fingerprint density at radius 2 is 0.750 bits per heavy atom. The zero-order valence-electron chi connectivity index (χ0n) is 1.07. The van der Waals surface area contributed by atoms with E-state index < -0.39 is 0 Å². The van der Waals surface area contributed by atoms with E-state index in [0.29, 0.717) is 0 Å². The molecule has 0 aliphatic heterocycles. The molecular weight excluding hydrogens is 289 g/mol. The summed E-state index contributed by atoms with van der Waals surface area (Å²) in [4.78, 5) is 0. The molecule has 0 unspecified atom stereocenters. The predicted octanol–water partition coefficient (Wildman–Crippen LogP) is -6.64. The second kappa shape index (κ2) is 18.7. The smallest absolute Gasteiger partial charge is 2.00 e. The molecule has 0 aromatic carbocycles. The van der Waals surface area contributed by atoms with Crippen molar-refractivity contribution in [1.82, 2.24) is 0 Å². The van der Waals surface area contributed by atoms with Gasteiger partial charge in [0.25, 0.3) is 0 Å². The van der Waals surface area contributed by atoms with Gasteiger partial charge in [0.2, 0.25) is 0 Å². The van der Waals surface area contributed by atoms with Crippen molar-refractivity contribution < 1.29 is 45.9 Å². The summed E-state index contributed by atoms with van der Waals surface area (Å²) in [5.74, 6) is 0. The molecule has 4 heteroatoms. The number of halogens is 2. The zero-order chi connectivity index (χ0) is 0. The predicted molar refractivity (Wildman–Crippen MR) is 7.15 cm³/mol. The van der Waals surface area contributed by atoms with Crippen LogP contribution in [-0.4, -0.2) is 29.6 Å². The average molecular weight is 290 g/mol. The molecule has 0 amide bonds. The summed E-state index contributed by atoms with van der Waals surface area (Å²) < 4.78 is 0. The van der Waals surface area contributed by atoms with Crippen molar-refractivity contribution in [3.05, 3.63) is 0 Å². The standard InChI is InChI=1S/2ClH.Na.Pt.H/h2*1H;;;/q;;;+2;/p-2. The van der Waals surface area contributed by atoms with Gasteiger partial charge in [0.15, 0.2) is 0 Å². The Morgan fingerprint density at radius 1 is 0.750 bits per heavy atom. The van der Waals surface area contributed by atoms with Crippen molar-refractivity contribution in [2.45, 2.75) is 0 Å². The van der Waals surface area contributed by atoms with E-state index in [-0.39, 0.29) is 75.4 Å². The molecule has 0 rings (SSSR count). The van der Waals surface area contributed by atoms with E-state index in [4.69, 9.17) is 0 Å². The van der Waals surface area contributed by atoms with Gasteiger partial charge in [-0.2, -0.15) is 0 Å². The molecule has 0 saturated heterocycles. The fraction of sp³-hybridized carbons (Fsp3) is 0. The van der Waals surface area contributed by atoms with Crippen LogP contribution in [0.2, 0.25) is 0 Å². The summed E-state index contributed by atoms with van der Waals surface area (Å²) in [6, 6.07) is 0. The largest absolute Gasteiger partial charge is 2.00 e. The summed E-state index contributed by atoms with van der Waals surface area (Å²) in [5.41, 5.74) is 0. The van der Waals surface area contributed by atoms with E-state index in [1.54, 1.807) is 0 Å².